The van der Waals surface area contributed by atoms with Gasteiger partial charge in [0.25, 0.3) is 0 Å². The van der Waals surface area contributed by atoms with Gasteiger partial charge < -0.3 is 11.1 Å². The summed E-state index contributed by atoms with van der Waals surface area (Å²) >= 11 is 0. The standard InChI is InChI=1S/C11H11FN4/c1-7-14-10(13)6-11(15-7)16-9-4-2-3-8(12)5-9/h2-6H,1H3,(H3,13,14,15,16). The van der Waals surface area contributed by atoms with E-state index in [0.29, 0.717) is 23.1 Å². The Bertz CT molecular complexity index is 493. The molecule has 0 amide bonds. The van der Waals surface area contributed by atoms with Crippen molar-refractivity contribution in [3.63, 3.8) is 0 Å². The quantitative estimate of drug-likeness (QED) is 0.811. The van der Waals surface area contributed by atoms with Crippen molar-refractivity contribution in [2.75, 3.05) is 11.1 Å². The normalized spacial score (nSPS) is 10.1. The molecular weight excluding hydrogens is 207 g/mol. The van der Waals surface area contributed by atoms with E-state index < -0.39 is 0 Å². The molecule has 0 aliphatic rings. The topological polar surface area (TPSA) is 63.8 Å². The first-order valence-electron chi connectivity index (χ1n) is 4.77. The number of aryl methyl sites for hydroxylation is 1. The molecule has 0 saturated heterocycles. The van der Waals surface area contributed by atoms with Crippen LogP contribution in [0.5, 0.6) is 0 Å². The van der Waals surface area contributed by atoms with E-state index in [0.717, 1.165) is 0 Å². The van der Waals surface area contributed by atoms with Crippen LogP contribution >= 0.6 is 0 Å². The van der Waals surface area contributed by atoms with E-state index in [9.17, 15) is 4.39 Å². The van der Waals surface area contributed by atoms with Crippen molar-refractivity contribution in [2.45, 2.75) is 6.92 Å². The number of hydrogen-bond donors (Lipinski definition) is 2. The maximum absolute atomic E-state index is 12.9. The number of aromatic nitrogens is 2. The Balaban J connectivity index is 2.27. The van der Waals surface area contributed by atoms with E-state index in [2.05, 4.69) is 15.3 Å². The molecule has 0 bridgehead atoms. The predicted molar refractivity (Wildman–Crippen MR) is 60.9 cm³/mol. The van der Waals surface area contributed by atoms with Gasteiger partial charge in [0.1, 0.15) is 23.3 Å². The van der Waals surface area contributed by atoms with Gasteiger partial charge in [-0.1, -0.05) is 6.07 Å². The molecule has 1 heterocycles. The van der Waals surface area contributed by atoms with Gasteiger partial charge in [-0.15, -0.1) is 0 Å². The fraction of sp³-hybridized carbons (Fsp3) is 0.0909. The summed E-state index contributed by atoms with van der Waals surface area (Å²) in [5.41, 5.74) is 6.20. The van der Waals surface area contributed by atoms with Crippen LogP contribution in [0.4, 0.5) is 21.7 Å². The second-order valence-corrected chi connectivity index (χ2v) is 3.36. The number of nitrogens with two attached hydrogens (primary N) is 1. The molecule has 0 radical (unpaired) electrons. The first-order valence-corrected chi connectivity index (χ1v) is 4.77. The van der Waals surface area contributed by atoms with Crippen molar-refractivity contribution in [2.24, 2.45) is 0 Å². The van der Waals surface area contributed by atoms with E-state index in [-0.39, 0.29) is 5.82 Å². The molecule has 0 fully saturated rings. The molecule has 16 heavy (non-hydrogen) atoms. The Hall–Kier alpha value is -2.17. The third-order valence-corrected chi connectivity index (χ3v) is 1.95. The number of nitrogens with zero attached hydrogens (tertiary/aromatic N) is 2. The zero-order chi connectivity index (χ0) is 11.5. The highest BCUT2D eigenvalue weighted by Crippen LogP contribution is 2.16. The number of hydrogen-bond acceptors (Lipinski definition) is 4. The molecule has 1 aromatic carbocycles. The Labute approximate surface area is 92.3 Å². The molecule has 0 spiro atoms. The Kier molecular flexibility index (Phi) is 2.68. The van der Waals surface area contributed by atoms with Crippen LogP contribution in [0, 0.1) is 12.7 Å². The van der Waals surface area contributed by atoms with Crippen molar-refractivity contribution < 1.29 is 4.39 Å². The van der Waals surface area contributed by atoms with Crippen LogP contribution in [0.1, 0.15) is 5.82 Å². The summed E-state index contributed by atoms with van der Waals surface area (Å²) in [5, 5.41) is 2.96. The lowest BCUT2D eigenvalue weighted by Gasteiger charge is -2.06. The van der Waals surface area contributed by atoms with Crippen LogP contribution in [-0.4, -0.2) is 9.97 Å². The van der Waals surface area contributed by atoms with Gasteiger partial charge in [-0.05, 0) is 25.1 Å². The Morgan fingerprint density at radius 1 is 1.25 bits per heavy atom. The van der Waals surface area contributed by atoms with Gasteiger partial charge in [-0.3, -0.25) is 0 Å². The summed E-state index contributed by atoms with van der Waals surface area (Å²) in [5.74, 6) is 1.20. The first kappa shape index (κ1) is 10.4. The highest BCUT2D eigenvalue weighted by Gasteiger charge is 2.00. The van der Waals surface area contributed by atoms with Gasteiger partial charge in [-0.25, -0.2) is 14.4 Å². The highest BCUT2D eigenvalue weighted by atomic mass is 19.1. The van der Waals surface area contributed by atoms with Crippen molar-refractivity contribution in [1.29, 1.82) is 0 Å². The van der Waals surface area contributed by atoms with Crippen molar-refractivity contribution >= 4 is 17.3 Å². The molecule has 3 N–H and O–H groups in total. The van der Waals surface area contributed by atoms with Gasteiger partial charge in [0, 0.05) is 11.8 Å². The number of nitrogen functional groups attached to an aromatic ring is 1. The molecule has 82 valence electrons. The van der Waals surface area contributed by atoms with Crippen LogP contribution in [0.15, 0.2) is 30.3 Å². The SMILES string of the molecule is Cc1nc(N)cc(Nc2cccc(F)c2)n1. The summed E-state index contributed by atoms with van der Waals surface area (Å²) in [6, 6.07) is 7.72. The summed E-state index contributed by atoms with van der Waals surface area (Å²) in [6.07, 6.45) is 0. The minimum absolute atomic E-state index is 0.302. The number of anilines is 3. The zero-order valence-electron chi connectivity index (χ0n) is 8.74. The maximum atomic E-state index is 12.9. The van der Waals surface area contributed by atoms with Crippen LogP contribution in [0.2, 0.25) is 0 Å². The molecule has 0 saturated carbocycles. The lowest BCUT2D eigenvalue weighted by molar-refractivity contribution is 0.628. The summed E-state index contributed by atoms with van der Waals surface area (Å²) in [4.78, 5) is 8.08. The minimum atomic E-state index is -0.302. The van der Waals surface area contributed by atoms with Gasteiger partial charge in [-0.2, -0.15) is 0 Å². The summed E-state index contributed by atoms with van der Waals surface area (Å²) in [7, 11) is 0. The van der Waals surface area contributed by atoms with Crippen molar-refractivity contribution in [3.05, 3.63) is 42.0 Å². The van der Waals surface area contributed by atoms with Gasteiger partial charge in [0.05, 0.1) is 0 Å². The van der Waals surface area contributed by atoms with Gasteiger partial charge in [0.2, 0.25) is 0 Å². The maximum Gasteiger partial charge on any atom is 0.136 e. The van der Waals surface area contributed by atoms with Crippen LogP contribution in [0.3, 0.4) is 0 Å². The number of nitrogens with one attached hydrogen (secondary N) is 1. The Morgan fingerprint density at radius 3 is 2.75 bits per heavy atom. The van der Waals surface area contributed by atoms with E-state index in [1.807, 2.05) is 0 Å². The second kappa shape index (κ2) is 4.14. The van der Waals surface area contributed by atoms with E-state index >= 15 is 0 Å². The fourth-order valence-electron chi connectivity index (χ4n) is 1.37. The molecule has 1 aromatic heterocycles. The average molecular weight is 218 g/mol. The lowest BCUT2D eigenvalue weighted by atomic mass is 10.3. The molecule has 2 aromatic rings. The van der Waals surface area contributed by atoms with Crippen LogP contribution < -0.4 is 11.1 Å². The molecule has 0 unspecified atom stereocenters. The van der Waals surface area contributed by atoms with Gasteiger partial charge >= 0.3 is 0 Å². The van der Waals surface area contributed by atoms with E-state index in [1.54, 1.807) is 25.1 Å². The third kappa shape index (κ3) is 2.44. The highest BCUT2D eigenvalue weighted by molar-refractivity contribution is 5.58. The minimum Gasteiger partial charge on any atom is -0.384 e. The van der Waals surface area contributed by atoms with Crippen molar-refractivity contribution in [3.8, 4) is 0 Å². The molecule has 4 nitrogen and oxygen atoms in total. The lowest BCUT2D eigenvalue weighted by Crippen LogP contribution is -2.00. The monoisotopic (exact) mass is 218 g/mol. The largest absolute Gasteiger partial charge is 0.384 e. The predicted octanol–water partition coefficient (Wildman–Crippen LogP) is 2.25. The van der Waals surface area contributed by atoms with Crippen LogP contribution in [0.25, 0.3) is 0 Å². The molecule has 5 heteroatoms. The van der Waals surface area contributed by atoms with Gasteiger partial charge in [0.15, 0.2) is 0 Å². The zero-order valence-corrected chi connectivity index (χ0v) is 8.74. The summed E-state index contributed by atoms with van der Waals surface area (Å²) in [6.45, 7) is 1.74. The molecule has 0 aliphatic carbocycles. The fourth-order valence-corrected chi connectivity index (χ4v) is 1.37. The Morgan fingerprint density at radius 2 is 2.06 bits per heavy atom. The smallest absolute Gasteiger partial charge is 0.136 e. The summed E-state index contributed by atoms with van der Waals surface area (Å²) < 4.78 is 12.9. The molecule has 2 rings (SSSR count). The average Bonchev–Trinajstić information content (AvgIpc) is 2.15. The molecular formula is C11H11FN4. The number of benzene rings is 1. The van der Waals surface area contributed by atoms with E-state index in [4.69, 9.17) is 5.73 Å². The van der Waals surface area contributed by atoms with Crippen LogP contribution in [-0.2, 0) is 0 Å². The first-order chi connectivity index (χ1) is 7.63. The van der Waals surface area contributed by atoms with E-state index in [1.165, 1.54) is 12.1 Å². The van der Waals surface area contributed by atoms with Crippen molar-refractivity contribution in [1.82, 2.24) is 9.97 Å². The number of halogens is 1. The second-order valence-electron chi connectivity index (χ2n) is 3.36. The molecule has 0 aliphatic heterocycles. The molecule has 0 atom stereocenters. The number of rotatable bonds is 2. The third-order valence-electron chi connectivity index (χ3n) is 1.95.